The highest BCUT2D eigenvalue weighted by Gasteiger charge is 2.22. The zero-order chi connectivity index (χ0) is 12.3. The summed E-state index contributed by atoms with van der Waals surface area (Å²) in [5.74, 6) is 0.438. The van der Waals surface area contributed by atoms with E-state index in [0.29, 0.717) is 17.5 Å². The van der Waals surface area contributed by atoms with Crippen molar-refractivity contribution < 1.29 is 5.11 Å². The lowest BCUT2D eigenvalue weighted by molar-refractivity contribution is 0.186. The van der Waals surface area contributed by atoms with E-state index in [1.807, 2.05) is 0 Å². The maximum Gasteiger partial charge on any atom is 0.162 e. The van der Waals surface area contributed by atoms with Crippen LogP contribution in [0.2, 0.25) is 5.15 Å². The molecule has 1 aliphatic rings. The molecule has 0 bridgehead atoms. The van der Waals surface area contributed by atoms with Crippen molar-refractivity contribution in [2.75, 3.05) is 11.9 Å². The summed E-state index contributed by atoms with van der Waals surface area (Å²) in [4.78, 5) is 0. The summed E-state index contributed by atoms with van der Waals surface area (Å²) in [5, 5.41) is 22.4. The number of aliphatic hydroxyl groups excluding tert-OH is 1. The minimum Gasteiger partial charge on any atom is -0.396 e. The Kier molecular flexibility index (Phi) is 4.21. The lowest BCUT2D eigenvalue weighted by Crippen LogP contribution is -2.27. The zero-order valence-electron chi connectivity index (χ0n) is 9.32. The van der Waals surface area contributed by atoms with Gasteiger partial charge in [-0.25, -0.2) is 0 Å². The number of nitriles is 1. The molecule has 0 radical (unpaired) electrons. The molecular formula is C11H14ClN3OS. The Bertz CT molecular complexity index is 421. The molecule has 92 valence electrons. The topological polar surface area (TPSA) is 68.9 Å². The first-order chi connectivity index (χ1) is 8.24. The summed E-state index contributed by atoms with van der Waals surface area (Å²) in [6.45, 7) is 0.280. The van der Waals surface area contributed by atoms with Gasteiger partial charge >= 0.3 is 0 Å². The highest BCUT2D eigenvalue weighted by molar-refractivity contribution is 7.10. The van der Waals surface area contributed by atoms with Gasteiger partial charge in [0.05, 0.1) is 0 Å². The van der Waals surface area contributed by atoms with E-state index in [9.17, 15) is 0 Å². The molecule has 0 saturated heterocycles. The first kappa shape index (κ1) is 12.6. The van der Waals surface area contributed by atoms with E-state index in [0.717, 1.165) is 30.7 Å². The number of halogens is 1. The van der Waals surface area contributed by atoms with Gasteiger partial charge in [0, 0.05) is 12.6 Å². The molecule has 4 nitrogen and oxygen atoms in total. The van der Waals surface area contributed by atoms with E-state index in [4.69, 9.17) is 22.0 Å². The largest absolute Gasteiger partial charge is 0.396 e. The molecule has 0 aliphatic heterocycles. The van der Waals surface area contributed by atoms with Crippen LogP contribution < -0.4 is 5.32 Å². The Labute approximate surface area is 109 Å². The molecular weight excluding hydrogens is 258 g/mol. The molecule has 1 aliphatic carbocycles. The summed E-state index contributed by atoms with van der Waals surface area (Å²) >= 11 is 7.05. The summed E-state index contributed by atoms with van der Waals surface area (Å²) in [6, 6.07) is 2.43. The Balaban J connectivity index is 1.96. The highest BCUT2D eigenvalue weighted by Crippen LogP contribution is 2.31. The first-order valence-electron chi connectivity index (χ1n) is 5.67. The molecule has 0 amide bonds. The molecule has 1 aromatic heterocycles. The van der Waals surface area contributed by atoms with Crippen molar-refractivity contribution in [3.63, 3.8) is 0 Å². The van der Waals surface area contributed by atoms with Crippen LogP contribution in [0, 0.1) is 17.2 Å². The normalized spacial score (nSPS) is 24.3. The highest BCUT2D eigenvalue weighted by atomic mass is 35.5. The number of aromatic nitrogens is 1. The molecule has 1 fully saturated rings. The number of rotatable bonds is 3. The number of nitrogens with one attached hydrogen (secondary N) is 1. The van der Waals surface area contributed by atoms with Gasteiger partial charge in [-0.05, 0) is 43.1 Å². The van der Waals surface area contributed by atoms with Crippen molar-refractivity contribution in [1.29, 1.82) is 5.26 Å². The second kappa shape index (κ2) is 5.67. The molecule has 0 aromatic carbocycles. The minimum atomic E-state index is 0.280. The fourth-order valence-electron chi connectivity index (χ4n) is 2.14. The smallest absolute Gasteiger partial charge is 0.162 e. The van der Waals surface area contributed by atoms with Crippen LogP contribution in [-0.4, -0.2) is 22.1 Å². The predicted octanol–water partition coefficient (Wildman–Crippen LogP) is 2.63. The van der Waals surface area contributed by atoms with Crippen molar-refractivity contribution in [3.8, 4) is 6.07 Å². The molecule has 1 heterocycles. The van der Waals surface area contributed by atoms with Crippen molar-refractivity contribution in [3.05, 3.63) is 10.7 Å². The average Bonchev–Trinajstić information content (AvgIpc) is 2.71. The van der Waals surface area contributed by atoms with E-state index in [1.165, 1.54) is 11.5 Å². The SMILES string of the molecule is N#Cc1c(Cl)nsc1NC1CCC(CO)CC1. The van der Waals surface area contributed by atoms with E-state index < -0.39 is 0 Å². The van der Waals surface area contributed by atoms with Crippen LogP contribution in [-0.2, 0) is 0 Å². The maximum absolute atomic E-state index is 9.06. The molecule has 6 heteroatoms. The van der Waals surface area contributed by atoms with Crippen LogP contribution in [0.5, 0.6) is 0 Å². The fourth-order valence-corrected chi connectivity index (χ4v) is 3.15. The fraction of sp³-hybridized carbons (Fsp3) is 0.636. The quantitative estimate of drug-likeness (QED) is 0.887. The Morgan fingerprint density at radius 3 is 2.76 bits per heavy atom. The van der Waals surface area contributed by atoms with E-state index >= 15 is 0 Å². The maximum atomic E-state index is 9.06. The molecule has 2 rings (SSSR count). The monoisotopic (exact) mass is 271 g/mol. The van der Waals surface area contributed by atoms with E-state index in [1.54, 1.807) is 0 Å². The lowest BCUT2D eigenvalue weighted by atomic mass is 9.86. The number of anilines is 1. The number of hydrogen-bond donors (Lipinski definition) is 2. The van der Waals surface area contributed by atoms with Gasteiger partial charge in [0.2, 0.25) is 0 Å². The van der Waals surface area contributed by atoms with Crippen molar-refractivity contribution in [1.82, 2.24) is 4.37 Å². The van der Waals surface area contributed by atoms with Gasteiger partial charge in [0.15, 0.2) is 5.15 Å². The van der Waals surface area contributed by atoms with Gasteiger partial charge in [-0.1, -0.05) is 11.6 Å². The number of hydrogen-bond acceptors (Lipinski definition) is 5. The van der Waals surface area contributed by atoms with Gasteiger partial charge in [-0.15, -0.1) is 0 Å². The third-order valence-electron chi connectivity index (χ3n) is 3.20. The zero-order valence-corrected chi connectivity index (χ0v) is 10.9. The van der Waals surface area contributed by atoms with Crippen molar-refractivity contribution in [2.24, 2.45) is 5.92 Å². The van der Waals surface area contributed by atoms with Gasteiger partial charge in [0.1, 0.15) is 16.6 Å². The van der Waals surface area contributed by atoms with Crippen molar-refractivity contribution in [2.45, 2.75) is 31.7 Å². The first-order valence-corrected chi connectivity index (χ1v) is 6.82. The van der Waals surface area contributed by atoms with Crippen LogP contribution in [0.15, 0.2) is 0 Å². The molecule has 0 spiro atoms. The summed E-state index contributed by atoms with van der Waals surface area (Å²) < 4.78 is 3.97. The van der Waals surface area contributed by atoms with E-state index in [2.05, 4.69) is 15.8 Å². The number of nitrogens with zero attached hydrogens (tertiary/aromatic N) is 2. The van der Waals surface area contributed by atoms with Crippen LogP contribution >= 0.6 is 23.1 Å². The molecule has 1 aromatic rings. The molecule has 0 unspecified atom stereocenters. The van der Waals surface area contributed by atoms with Gasteiger partial charge < -0.3 is 10.4 Å². The summed E-state index contributed by atoms with van der Waals surface area (Å²) in [5.41, 5.74) is 0.445. The van der Waals surface area contributed by atoms with Gasteiger partial charge in [-0.2, -0.15) is 9.64 Å². The lowest BCUT2D eigenvalue weighted by Gasteiger charge is -2.28. The van der Waals surface area contributed by atoms with Crippen LogP contribution in [0.1, 0.15) is 31.2 Å². The molecule has 2 N–H and O–H groups in total. The van der Waals surface area contributed by atoms with Crippen LogP contribution in [0.4, 0.5) is 5.00 Å². The molecule has 0 atom stereocenters. The third kappa shape index (κ3) is 2.89. The third-order valence-corrected chi connectivity index (χ3v) is 4.35. The Hall–Kier alpha value is -0.830. The second-order valence-corrected chi connectivity index (χ2v) is 5.47. The minimum absolute atomic E-state index is 0.280. The standard InChI is InChI=1S/C11H14ClN3OS/c12-10-9(5-13)11(17-15-10)14-8-3-1-7(6-16)2-4-8/h7-8,14,16H,1-4,6H2. The Morgan fingerprint density at radius 1 is 1.47 bits per heavy atom. The van der Waals surface area contributed by atoms with E-state index in [-0.39, 0.29) is 11.8 Å². The second-order valence-electron chi connectivity index (χ2n) is 4.33. The number of aliphatic hydroxyl groups is 1. The van der Waals surface area contributed by atoms with Crippen molar-refractivity contribution >= 4 is 28.1 Å². The van der Waals surface area contributed by atoms with Gasteiger partial charge in [-0.3, -0.25) is 0 Å². The predicted molar refractivity (Wildman–Crippen MR) is 68.3 cm³/mol. The Morgan fingerprint density at radius 2 is 2.18 bits per heavy atom. The van der Waals surface area contributed by atoms with Crippen LogP contribution in [0.25, 0.3) is 0 Å². The van der Waals surface area contributed by atoms with Gasteiger partial charge in [0.25, 0.3) is 0 Å². The average molecular weight is 272 g/mol. The van der Waals surface area contributed by atoms with Crippen LogP contribution in [0.3, 0.4) is 0 Å². The summed E-state index contributed by atoms with van der Waals surface area (Å²) in [7, 11) is 0. The summed E-state index contributed by atoms with van der Waals surface area (Å²) in [6.07, 6.45) is 4.10. The molecule has 17 heavy (non-hydrogen) atoms. The molecule has 1 saturated carbocycles.